The Morgan fingerprint density at radius 3 is 3.06 bits per heavy atom. The Morgan fingerprint density at radius 2 is 2.35 bits per heavy atom. The van der Waals surface area contributed by atoms with Gasteiger partial charge < -0.3 is 20.1 Å². The molecule has 1 unspecified atom stereocenters. The van der Waals surface area contributed by atoms with Gasteiger partial charge in [0.15, 0.2) is 0 Å². The lowest BCUT2D eigenvalue weighted by atomic mass is 10.2. The Morgan fingerprint density at radius 1 is 1.47 bits per heavy atom. The minimum absolute atomic E-state index is 0.0242. The molecule has 0 aromatic rings. The van der Waals surface area contributed by atoms with Gasteiger partial charge in [-0.3, -0.25) is 4.79 Å². The molecule has 1 amide bonds. The second-order valence-corrected chi connectivity index (χ2v) is 4.77. The van der Waals surface area contributed by atoms with Crippen molar-refractivity contribution in [2.45, 2.75) is 25.4 Å². The van der Waals surface area contributed by atoms with E-state index in [-0.39, 0.29) is 12.0 Å². The van der Waals surface area contributed by atoms with Gasteiger partial charge in [-0.2, -0.15) is 0 Å². The maximum atomic E-state index is 11.5. The van der Waals surface area contributed by atoms with Crippen molar-refractivity contribution in [1.82, 2.24) is 10.6 Å². The second-order valence-electron chi connectivity index (χ2n) is 4.77. The van der Waals surface area contributed by atoms with Gasteiger partial charge in [0.25, 0.3) is 0 Å². The van der Waals surface area contributed by atoms with Crippen molar-refractivity contribution < 1.29 is 14.3 Å². The number of morpholine rings is 1. The zero-order valence-corrected chi connectivity index (χ0v) is 10.2. The van der Waals surface area contributed by atoms with E-state index in [0.717, 1.165) is 25.6 Å². The predicted octanol–water partition coefficient (Wildman–Crippen LogP) is -0.0923. The van der Waals surface area contributed by atoms with E-state index >= 15 is 0 Å². The van der Waals surface area contributed by atoms with Crippen LogP contribution in [-0.2, 0) is 14.3 Å². The Kier molecular flexibility index (Phi) is 5.22. The number of ether oxygens (including phenoxy) is 2. The minimum Gasteiger partial charge on any atom is -0.379 e. The van der Waals surface area contributed by atoms with E-state index < -0.39 is 0 Å². The summed E-state index contributed by atoms with van der Waals surface area (Å²) in [6, 6.07) is 0. The first-order chi connectivity index (χ1) is 8.34. The molecule has 1 atom stereocenters. The lowest BCUT2D eigenvalue weighted by molar-refractivity contribution is -0.124. The Balaban J connectivity index is 1.44. The van der Waals surface area contributed by atoms with Gasteiger partial charge in [-0.15, -0.1) is 0 Å². The summed E-state index contributed by atoms with van der Waals surface area (Å²) in [6.45, 7) is 4.42. The van der Waals surface area contributed by atoms with Crippen LogP contribution in [0.1, 0.15) is 19.3 Å². The summed E-state index contributed by atoms with van der Waals surface area (Å²) in [6.07, 6.45) is 3.07. The molecular formula is C12H22N2O3. The lowest BCUT2D eigenvalue weighted by Gasteiger charge is -2.23. The second kappa shape index (κ2) is 6.93. The Bertz CT molecular complexity index is 238. The van der Waals surface area contributed by atoms with Crippen LogP contribution in [0.4, 0.5) is 0 Å². The van der Waals surface area contributed by atoms with E-state index in [2.05, 4.69) is 10.6 Å². The van der Waals surface area contributed by atoms with E-state index in [1.165, 1.54) is 12.8 Å². The number of carbonyl (C=O) groups is 1. The van der Waals surface area contributed by atoms with Crippen LogP contribution in [-0.4, -0.2) is 51.5 Å². The molecule has 17 heavy (non-hydrogen) atoms. The topological polar surface area (TPSA) is 59.6 Å². The molecule has 5 nitrogen and oxygen atoms in total. The van der Waals surface area contributed by atoms with Crippen molar-refractivity contribution >= 4 is 5.91 Å². The molecule has 98 valence electrons. The molecule has 1 aliphatic heterocycles. The summed E-state index contributed by atoms with van der Waals surface area (Å²) < 4.78 is 10.9. The van der Waals surface area contributed by atoms with Crippen molar-refractivity contribution in [2.24, 2.45) is 5.92 Å². The fraction of sp³-hybridized carbons (Fsp3) is 0.917. The summed E-state index contributed by atoms with van der Waals surface area (Å²) in [7, 11) is 0. The van der Waals surface area contributed by atoms with Crippen molar-refractivity contribution in [2.75, 3.05) is 39.5 Å². The van der Waals surface area contributed by atoms with Gasteiger partial charge in [-0.05, 0) is 18.8 Å². The van der Waals surface area contributed by atoms with Gasteiger partial charge in [0, 0.05) is 26.2 Å². The molecule has 0 aromatic heterocycles. The number of rotatable bonds is 7. The van der Waals surface area contributed by atoms with Gasteiger partial charge >= 0.3 is 0 Å². The summed E-state index contributed by atoms with van der Waals surface area (Å²) in [4.78, 5) is 11.5. The molecule has 2 N–H and O–H groups in total. The van der Waals surface area contributed by atoms with Crippen molar-refractivity contribution in [3.8, 4) is 0 Å². The van der Waals surface area contributed by atoms with Gasteiger partial charge in [-0.25, -0.2) is 0 Å². The summed E-state index contributed by atoms with van der Waals surface area (Å²) in [5.74, 6) is 0.834. The van der Waals surface area contributed by atoms with E-state index in [1.807, 2.05) is 0 Å². The standard InChI is InChI=1S/C12H22N2O3/c15-12(7-11-8-13-3-6-17-11)14-4-5-16-9-10-1-2-10/h10-11,13H,1-9H2,(H,14,15). The third kappa shape index (κ3) is 5.48. The molecule has 1 saturated heterocycles. The maximum absolute atomic E-state index is 11.5. The van der Waals surface area contributed by atoms with Crippen molar-refractivity contribution in [3.63, 3.8) is 0 Å². The highest BCUT2D eigenvalue weighted by atomic mass is 16.5. The molecule has 1 saturated carbocycles. The first-order valence-corrected chi connectivity index (χ1v) is 6.51. The quantitative estimate of drug-likeness (QED) is 0.612. The van der Waals surface area contributed by atoms with Crippen LogP contribution in [0.5, 0.6) is 0 Å². The monoisotopic (exact) mass is 242 g/mol. The first kappa shape index (κ1) is 12.8. The fourth-order valence-electron chi connectivity index (χ4n) is 1.83. The summed E-state index contributed by atoms with van der Waals surface area (Å²) in [5, 5.41) is 6.06. The predicted molar refractivity (Wildman–Crippen MR) is 63.8 cm³/mol. The van der Waals surface area contributed by atoms with Crippen LogP contribution in [0.2, 0.25) is 0 Å². The lowest BCUT2D eigenvalue weighted by Crippen LogP contribution is -2.41. The highest BCUT2D eigenvalue weighted by Gasteiger charge is 2.21. The van der Waals surface area contributed by atoms with E-state index in [9.17, 15) is 4.79 Å². The zero-order valence-electron chi connectivity index (χ0n) is 10.2. The third-order valence-corrected chi connectivity index (χ3v) is 3.04. The van der Waals surface area contributed by atoms with Crippen LogP contribution in [0.25, 0.3) is 0 Å². The number of hydrogen-bond donors (Lipinski definition) is 2. The van der Waals surface area contributed by atoms with E-state index in [4.69, 9.17) is 9.47 Å². The maximum Gasteiger partial charge on any atom is 0.222 e. The Hall–Kier alpha value is -0.650. The Labute approximate surface area is 102 Å². The van der Waals surface area contributed by atoms with Crippen LogP contribution in [0.15, 0.2) is 0 Å². The molecule has 0 radical (unpaired) electrons. The van der Waals surface area contributed by atoms with Crippen LogP contribution in [0.3, 0.4) is 0 Å². The largest absolute Gasteiger partial charge is 0.379 e. The highest BCUT2D eigenvalue weighted by molar-refractivity contribution is 5.76. The zero-order chi connectivity index (χ0) is 11.9. The number of amides is 1. The van der Waals surface area contributed by atoms with E-state index in [1.54, 1.807) is 0 Å². The van der Waals surface area contributed by atoms with Crippen molar-refractivity contribution in [1.29, 1.82) is 0 Å². The molecule has 1 aliphatic carbocycles. The van der Waals surface area contributed by atoms with Gasteiger partial charge in [0.2, 0.25) is 5.91 Å². The van der Waals surface area contributed by atoms with Gasteiger partial charge in [-0.1, -0.05) is 0 Å². The van der Waals surface area contributed by atoms with Crippen LogP contribution in [0, 0.1) is 5.92 Å². The fourth-order valence-corrected chi connectivity index (χ4v) is 1.83. The first-order valence-electron chi connectivity index (χ1n) is 6.51. The molecule has 2 rings (SSSR count). The number of hydrogen-bond acceptors (Lipinski definition) is 4. The minimum atomic E-state index is 0.0242. The molecule has 2 fully saturated rings. The summed E-state index contributed by atoms with van der Waals surface area (Å²) >= 11 is 0. The molecule has 0 aromatic carbocycles. The number of carbonyl (C=O) groups excluding carboxylic acids is 1. The van der Waals surface area contributed by atoms with Gasteiger partial charge in [0.1, 0.15) is 0 Å². The SMILES string of the molecule is O=C(CC1CNCCO1)NCCOCC1CC1. The van der Waals surface area contributed by atoms with Crippen LogP contribution < -0.4 is 10.6 Å². The molecule has 2 aliphatic rings. The van der Waals surface area contributed by atoms with Crippen molar-refractivity contribution in [3.05, 3.63) is 0 Å². The molecule has 0 bridgehead atoms. The average molecular weight is 242 g/mol. The number of nitrogens with one attached hydrogen (secondary N) is 2. The smallest absolute Gasteiger partial charge is 0.222 e. The molecule has 1 heterocycles. The van der Waals surface area contributed by atoms with Gasteiger partial charge in [0.05, 0.1) is 25.7 Å². The highest BCUT2D eigenvalue weighted by Crippen LogP contribution is 2.28. The average Bonchev–Trinajstić information content (AvgIpc) is 3.14. The molecular weight excluding hydrogens is 220 g/mol. The van der Waals surface area contributed by atoms with Crippen LogP contribution >= 0.6 is 0 Å². The third-order valence-electron chi connectivity index (χ3n) is 3.04. The summed E-state index contributed by atoms with van der Waals surface area (Å²) in [5.41, 5.74) is 0. The molecule has 0 spiro atoms. The normalized spacial score (nSPS) is 24.6. The molecule has 5 heteroatoms. The van der Waals surface area contributed by atoms with E-state index in [0.29, 0.717) is 26.2 Å².